The van der Waals surface area contributed by atoms with Crippen LogP contribution in [0.5, 0.6) is 17.2 Å². The van der Waals surface area contributed by atoms with Crippen LogP contribution >= 0.6 is 0 Å². The van der Waals surface area contributed by atoms with Crippen LogP contribution in [0.15, 0.2) is 42.5 Å². The Labute approximate surface area is 183 Å². The number of methoxy groups -OCH3 is 1. The number of para-hydroxylation sites is 2. The molecular formula is C24H31N3O4. The molecule has 166 valence electrons. The molecule has 2 saturated heterocycles. The van der Waals surface area contributed by atoms with E-state index in [1.807, 2.05) is 18.2 Å². The number of piperazine rings is 1. The number of aliphatic hydroxyl groups is 1. The fourth-order valence-electron chi connectivity index (χ4n) is 4.96. The number of likely N-dealkylation sites (tertiary alicyclic amines) is 1. The minimum Gasteiger partial charge on any atom is -0.495 e. The van der Waals surface area contributed by atoms with E-state index in [1.165, 1.54) is 5.56 Å². The summed E-state index contributed by atoms with van der Waals surface area (Å²) in [5.41, 5.74) is 2.34. The first-order valence-corrected chi connectivity index (χ1v) is 11.1. The molecule has 2 aromatic rings. The number of hydrogen-bond donors (Lipinski definition) is 1. The molecule has 2 atom stereocenters. The molecule has 0 radical (unpaired) electrons. The molecule has 3 aliphatic heterocycles. The van der Waals surface area contributed by atoms with Gasteiger partial charge in [-0.1, -0.05) is 18.2 Å². The van der Waals surface area contributed by atoms with Crippen molar-refractivity contribution in [3.8, 4) is 17.2 Å². The Kier molecular flexibility index (Phi) is 5.89. The summed E-state index contributed by atoms with van der Waals surface area (Å²) in [5, 5.41) is 10.8. The zero-order valence-electron chi connectivity index (χ0n) is 18.1. The molecule has 31 heavy (non-hydrogen) atoms. The first-order chi connectivity index (χ1) is 15.2. The highest BCUT2D eigenvalue weighted by Crippen LogP contribution is 2.32. The second-order valence-electron chi connectivity index (χ2n) is 8.50. The fourth-order valence-corrected chi connectivity index (χ4v) is 4.96. The maximum atomic E-state index is 10.8. The Balaban J connectivity index is 1.18. The second kappa shape index (κ2) is 8.94. The number of β-amino-alcohol motifs (C(OH)–C–C–N with tert-alkyl or cyclic N) is 1. The van der Waals surface area contributed by atoms with Crippen molar-refractivity contribution in [2.45, 2.75) is 18.7 Å². The summed E-state index contributed by atoms with van der Waals surface area (Å²) >= 11 is 0. The quantitative estimate of drug-likeness (QED) is 0.784. The van der Waals surface area contributed by atoms with Gasteiger partial charge < -0.3 is 24.2 Å². The van der Waals surface area contributed by atoms with Gasteiger partial charge in [0.15, 0.2) is 11.5 Å². The summed E-state index contributed by atoms with van der Waals surface area (Å²) in [6.45, 7) is 7.35. The number of benzene rings is 2. The lowest BCUT2D eigenvalue weighted by Gasteiger charge is -2.40. The first-order valence-electron chi connectivity index (χ1n) is 11.1. The molecule has 3 heterocycles. The van der Waals surface area contributed by atoms with Crippen LogP contribution in [0, 0.1) is 0 Å². The van der Waals surface area contributed by atoms with Gasteiger partial charge in [-0.25, -0.2) is 0 Å². The number of anilines is 1. The Morgan fingerprint density at radius 3 is 2.55 bits per heavy atom. The average Bonchev–Trinajstić information content (AvgIpc) is 3.18. The molecule has 0 aromatic heterocycles. The Bertz CT molecular complexity index is 900. The molecule has 0 bridgehead atoms. The summed E-state index contributed by atoms with van der Waals surface area (Å²) < 4.78 is 16.9. The molecule has 1 N–H and O–H groups in total. The van der Waals surface area contributed by atoms with Gasteiger partial charge in [-0.05, 0) is 29.8 Å². The van der Waals surface area contributed by atoms with Crippen LogP contribution in [-0.2, 0) is 6.54 Å². The standard InChI is InChI=1S/C24H31N3O4/c1-29-22-5-3-2-4-19(22)26-8-10-27(11-9-26)20-16-25(17-21(20)28)15-18-6-7-23-24(14-18)31-13-12-30-23/h2-7,14,20-21,28H,8-13,15-17H2,1H3/t20-,21-/m1/s1. The van der Waals surface area contributed by atoms with Gasteiger partial charge in [0.25, 0.3) is 0 Å². The van der Waals surface area contributed by atoms with Gasteiger partial charge in [-0.3, -0.25) is 9.80 Å². The molecule has 2 aromatic carbocycles. The first kappa shape index (κ1) is 20.4. The largest absolute Gasteiger partial charge is 0.495 e. The predicted octanol–water partition coefficient (Wildman–Crippen LogP) is 1.83. The third-order valence-corrected chi connectivity index (χ3v) is 6.56. The van der Waals surface area contributed by atoms with Gasteiger partial charge in [-0.15, -0.1) is 0 Å². The van der Waals surface area contributed by atoms with Gasteiger partial charge >= 0.3 is 0 Å². The Hall–Kier alpha value is -2.48. The van der Waals surface area contributed by atoms with Crippen LogP contribution < -0.4 is 19.1 Å². The third-order valence-electron chi connectivity index (χ3n) is 6.56. The normalized spacial score (nSPS) is 24.4. The van der Waals surface area contributed by atoms with E-state index < -0.39 is 0 Å². The molecular weight excluding hydrogens is 394 g/mol. The molecule has 0 unspecified atom stereocenters. The van der Waals surface area contributed by atoms with Crippen LogP contribution in [-0.4, -0.2) is 86.6 Å². The maximum absolute atomic E-state index is 10.8. The van der Waals surface area contributed by atoms with Crippen molar-refractivity contribution >= 4 is 5.69 Å². The van der Waals surface area contributed by atoms with Gasteiger partial charge in [0, 0.05) is 51.9 Å². The summed E-state index contributed by atoms with van der Waals surface area (Å²) in [4.78, 5) is 7.16. The highest BCUT2D eigenvalue weighted by Gasteiger charge is 2.37. The molecule has 3 aliphatic rings. The van der Waals surface area contributed by atoms with Crippen molar-refractivity contribution in [3.63, 3.8) is 0 Å². The lowest BCUT2D eigenvalue weighted by atomic mass is 10.1. The highest BCUT2D eigenvalue weighted by atomic mass is 16.6. The van der Waals surface area contributed by atoms with Crippen molar-refractivity contribution in [2.24, 2.45) is 0 Å². The molecule has 0 spiro atoms. The van der Waals surface area contributed by atoms with Crippen LogP contribution in [0.4, 0.5) is 5.69 Å². The van der Waals surface area contributed by atoms with E-state index in [1.54, 1.807) is 7.11 Å². The fraction of sp³-hybridized carbons (Fsp3) is 0.500. The predicted molar refractivity (Wildman–Crippen MR) is 119 cm³/mol. The van der Waals surface area contributed by atoms with Crippen LogP contribution in [0.2, 0.25) is 0 Å². The molecule has 7 nitrogen and oxygen atoms in total. The summed E-state index contributed by atoms with van der Waals surface area (Å²) in [5.74, 6) is 2.57. The van der Waals surface area contributed by atoms with E-state index in [9.17, 15) is 5.11 Å². The highest BCUT2D eigenvalue weighted by molar-refractivity contribution is 5.58. The maximum Gasteiger partial charge on any atom is 0.161 e. The van der Waals surface area contributed by atoms with Gasteiger partial charge in [0.1, 0.15) is 19.0 Å². The molecule has 0 aliphatic carbocycles. The topological polar surface area (TPSA) is 57.6 Å². The van der Waals surface area contributed by atoms with Crippen molar-refractivity contribution in [1.29, 1.82) is 0 Å². The van der Waals surface area contributed by atoms with Crippen molar-refractivity contribution in [2.75, 3.05) is 64.5 Å². The lowest BCUT2D eigenvalue weighted by Crippen LogP contribution is -2.53. The van der Waals surface area contributed by atoms with Crippen molar-refractivity contribution < 1.29 is 19.3 Å². The van der Waals surface area contributed by atoms with Crippen LogP contribution in [0.1, 0.15) is 5.56 Å². The second-order valence-corrected chi connectivity index (χ2v) is 8.50. The van der Waals surface area contributed by atoms with Gasteiger partial charge in [0.2, 0.25) is 0 Å². The van der Waals surface area contributed by atoms with Crippen LogP contribution in [0.25, 0.3) is 0 Å². The smallest absolute Gasteiger partial charge is 0.161 e. The minimum atomic E-state index is -0.324. The van der Waals surface area contributed by atoms with E-state index in [-0.39, 0.29) is 12.1 Å². The molecule has 2 fully saturated rings. The number of aliphatic hydroxyl groups excluding tert-OH is 1. The van der Waals surface area contributed by atoms with E-state index in [0.717, 1.165) is 62.2 Å². The van der Waals surface area contributed by atoms with E-state index in [0.29, 0.717) is 19.8 Å². The zero-order valence-corrected chi connectivity index (χ0v) is 18.1. The van der Waals surface area contributed by atoms with Gasteiger partial charge in [0.05, 0.1) is 18.9 Å². The number of hydrogen-bond acceptors (Lipinski definition) is 7. The average molecular weight is 426 g/mol. The number of ether oxygens (including phenoxy) is 3. The van der Waals surface area contributed by atoms with Crippen LogP contribution in [0.3, 0.4) is 0 Å². The summed E-state index contributed by atoms with van der Waals surface area (Å²) in [6, 6.07) is 14.5. The van der Waals surface area contributed by atoms with Crippen molar-refractivity contribution in [3.05, 3.63) is 48.0 Å². The van der Waals surface area contributed by atoms with E-state index in [2.05, 4.69) is 39.0 Å². The van der Waals surface area contributed by atoms with E-state index in [4.69, 9.17) is 14.2 Å². The summed E-state index contributed by atoms with van der Waals surface area (Å²) in [6.07, 6.45) is -0.324. The SMILES string of the molecule is COc1ccccc1N1CCN([C@@H]2CN(Cc3ccc4c(c3)OCCO4)C[C@H]2O)CC1. The van der Waals surface area contributed by atoms with Crippen molar-refractivity contribution in [1.82, 2.24) is 9.80 Å². The summed E-state index contributed by atoms with van der Waals surface area (Å²) in [7, 11) is 1.72. The third kappa shape index (κ3) is 4.31. The molecule has 0 saturated carbocycles. The molecule has 7 heteroatoms. The van der Waals surface area contributed by atoms with E-state index >= 15 is 0 Å². The van der Waals surface area contributed by atoms with Gasteiger partial charge in [-0.2, -0.15) is 0 Å². The zero-order chi connectivity index (χ0) is 21.2. The monoisotopic (exact) mass is 425 g/mol. The number of nitrogens with zero attached hydrogens (tertiary/aromatic N) is 3. The number of rotatable bonds is 5. The molecule has 0 amide bonds. The Morgan fingerprint density at radius 1 is 0.968 bits per heavy atom. The number of fused-ring (bicyclic) bond motifs is 1. The Morgan fingerprint density at radius 2 is 1.74 bits per heavy atom. The lowest BCUT2D eigenvalue weighted by molar-refractivity contribution is 0.0790. The minimum absolute atomic E-state index is 0.178. The molecule has 5 rings (SSSR count).